The number of fused-ring (bicyclic) bond motifs is 1. The Bertz CT molecular complexity index is 1320. The first-order valence-corrected chi connectivity index (χ1v) is 11.8. The van der Waals surface area contributed by atoms with Crippen molar-refractivity contribution in [1.82, 2.24) is 9.88 Å². The summed E-state index contributed by atoms with van der Waals surface area (Å²) in [4.78, 5) is 12.6. The summed E-state index contributed by atoms with van der Waals surface area (Å²) in [6, 6.07) is 23.4. The molecule has 164 valence electrons. The Balaban J connectivity index is 1.48. The highest BCUT2D eigenvalue weighted by Gasteiger charge is 2.29. The van der Waals surface area contributed by atoms with Crippen molar-refractivity contribution < 1.29 is 17.6 Å². The molecule has 3 aromatic carbocycles. The average Bonchev–Trinajstić information content (AvgIpc) is 3.22. The van der Waals surface area contributed by atoms with Gasteiger partial charge in [-0.1, -0.05) is 48.5 Å². The van der Waals surface area contributed by atoms with Crippen LogP contribution in [-0.4, -0.2) is 25.4 Å². The zero-order valence-electron chi connectivity index (χ0n) is 17.3. The summed E-state index contributed by atoms with van der Waals surface area (Å²) in [5.74, 6) is -0.746. The Kier molecular flexibility index (Phi) is 6.37. The third-order valence-electron chi connectivity index (χ3n) is 5.43. The number of amides is 1. The largest absolute Gasteiger partial charge is 0.354 e. The highest BCUT2D eigenvalue weighted by molar-refractivity contribution is 7.91. The van der Waals surface area contributed by atoms with Gasteiger partial charge in [0.1, 0.15) is 11.1 Å². The van der Waals surface area contributed by atoms with E-state index in [0.717, 1.165) is 23.0 Å². The molecule has 4 rings (SSSR count). The number of rotatable bonds is 8. The smallest absolute Gasteiger partial charge is 0.221 e. The normalized spacial score (nSPS) is 12.5. The number of halogens is 1. The van der Waals surface area contributed by atoms with Crippen molar-refractivity contribution in [2.24, 2.45) is 0 Å². The van der Waals surface area contributed by atoms with Crippen molar-refractivity contribution in [3.8, 4) is 0 Å². The quantitative estimate of drug-likeness (QED) is 0.402. The average molecular weight is 451 g/mol. The van der Waals surface area contributed by atoms with Crippen molar-refractivity contribution in [2.75, 3.05) is 6.54 Å². The van der Waals surface area contributed by atoms with E-state index in [2.05, 4.69) is 5.32 Å². The minimum atomic E-state index is -3.84. The molecule has 0 aliphatic heterocycles. The van der Waals surface area contributed by atoms with Gasteiger partial charge in [0.15, 0.2) is 9.84 Å². The second-order valence-corrected chi connectivity index (χ2v) is 9.65. The molecule has 1 N–H and O–H groups in total. The molecule has 1 amide bonds. The summed E-state index contributed by atoms with van der Waals surface area (Å²) in [7, 11) is -3.84. The Labute approximate surface area is 186 Å². The summed E-state index contributed by atoms with van der Waals surface area (Å²) in [6.07, 6.45) is 2.15. The molecule has 0 saturated carbocycles. The van der Waals surface area contributed by atoms with Crippen LogP contribution < -0.4 is 5.32 Å². The van der Waals surface area contributed by atoms with E-state index in [1.807, 2.05) is 41.1 Å². The number of benzene rings is 3. The van der Waals surface area contributed by atoms with Gasteiger partial charge in [-0.3, -0.25) is 4.79 Å². The predicted octanol–water partition coefficient (Wildman–Crippen LogP) is 4.50. The molecule has 1 unspecified atom stereocenters. The van der Waals surface area contributed by atoms with E-state index in [9.17, 15) is 17.6 Å². The number of hydrogen-bond donors (Lipinski definition) is 1. The molecular weight excluding hydrogens is 427 g/mol. The van der Waals surface area contributed by atoms with Gasteiger partial charge in [-0.2, -0.15) is 0 Å². The molecule has 1 aromatic heterocycles. The number of carbonyl (C=O) groups excluding carboxylic acids is 1. The number of aryl methyl sites for hydroxylation is 1. The van der Waals surface area contributed by atoms with E-state index in [0.29, 0.717) is 12.1 Å². The van der Waals surface area contributed by atoms with Gasteiger partial charge >= 0.3 is 0 Å². The van der Waals surface area contributed by atoms with Crippen molar-refractivity contribution >= 4 is 26.6 Å². The monoisotopic (exact) mass is 450 g/mol. The van der Waals surface area contributed by atoms with Gasteiger partial charge in [0.2, 0.25) is 5.91 Å². The molecule has 0 saturated heterocycles. The molecule has 5 nitrogen and oxygen atoms in total. The maximum absolute atomic E-state index is 13.3. The predicted molar refractivity (Wildman–Crippen MR) is 122 cm³/mol. The Morgan fingerprint density at radius 3 is 2.34 bits per heavy atom. The molecule has 0 aliphatic rings. The van der Waals surface area contributed by atoms with Crippen molar-refractivity contribution in [3.05, 3.63) is 103 Å². The van der Waals surface area contributed by atoms with Crippen LogP contribution in [0.2, 0.25) is 0 Å². The van der Waals surface area contributed by atoms with Gasteiger partial charge in [0.25, 0.3) is 0 Å². The van der Waals surface area contributed by atoms with Gasteiger partial charge in [0, 0.05) is 31.2 Å². The summed E-state index contributed by atoms with van der Waals surface area (Å²) in [5.41, 5.74) is 1.61. The lowest BCUT2D eigenvalue weighted by molar-refractivity contribution is -0.121. The molecular formula is C25H23FN2O3S. The first kappa shape index (κ1) is 21.8. The highest BCUT2D eigenvalue weighted by atomic mass is 32.2. The van der Waals surface area contributed by atoms with E-state index in [-0.39, 0.29) is 23.8 Å². The van der Waals surface area contributed by atoms with Crippen LogP contribution in [0, 0.1) is 5.82 Å². The maximum Gasteiger partial charge on any atom is 0.221 e. The molecule has 32 heavy (non-hydrogen) atoms. The number of hydrogen-bond acceptors (Lipinski definition) is 3. The van der Waals surface area contributed by atoms with Gasteiger partial charge < -0.3 is 9.88 Å². The Morgan fingerprint density at radius 2 is 1.59 bits per heavy atom. The number of para-hydroxylation sites is 1. The maximum atomic E-state index is 13.3. The zero-order chi connectivity index (χ0) is 22.6. The van der Waals surface area contributed by atoms with E-state index < -0.39 is 20.9 Å². The fourth-order valence-corrected chi connectivity index (χ4v) is 5.38. The van der Waals surface area contributed by atoms with Crippen molar-refractivity contribution in [1.29, 1.82) is 0 Å². The first-order valence-electron chi connectivity index (χ1n) is 10.3. The van der Waals surface area contributed by atoms with Crippen LogP contribution in [-0.2, 0) is 21.2 Å². The third kappa shape index (κ3) is 4.73. The highest BCUT2D eigenvalue weighted by Crippen LogP contribution is 2.28. The molecule has 0 radical (unpaired) electrons. The Hall–Kier alpha value is -3.45. The summed E-state index contributed by atoms with van der Waals surface area (Å²) in [5, 5.41) is 2.89. The minimum Gasteiger partial charge on any atom is -0.354 e. The number of nitrogens with one attached hydrogen (secondary N) is 1. The molecule has 7 heteroatoms. The van der Waals surface area contributed by atoms with Gasteiger partial charge in [-0.05, 0) is 47.3 Å². The Morgan fingerprint density at radius 1 is 0.906 bits per heavy atom. The first-order chi connectivity index (χ1) is 15.4. The van der Waals surface area contributed by atoms with Crippen molar-refractivity contribution in [2.45, 2.75) is 23.1 Å². The molecule has 0 fully saturated rings. The topological polar surface area (TPSA) is 68.2 Å². The van der Waals surface area contributed by atoms with Crippen LogP contribution in [0.5, 0.6) is 0 Å². The molecule has 0 bridgehead atoms. The molecule has 1 atom stereocenters. The van der Waals surface area contributed by atoms with Crippen LogP contribution in [0.4, 0.5) is 4.39 Å². The lowest BCUT2D eigenvalue weighted by atomic mass is 10.1. The molecule has 0 aliphatic carbocycles. The molecule has 4 aromatic rings. The number of sulfone groups is 1. The van der Waals surface area contributed by atoms with E-state index in [4.69, 9.17) is 0 Å². The fraction of sp³-hybridized carbons (Fsp3) is 0.160. The number of aromatic nitrogens is 1. The number of carbonyl (C=O) groups is 1. The van der Waals surface area contributed by atoms with Crippen LogP contribution in [0.3, 0.4) is 0 Å². The van der Waals surface area contributed by atoms with Gasteiger partial charge in [-0.15, -0.1) is 0 Å². The van der Waals surface area contributed by atoms with E-state index in [1.165, 1.54) is 12.1 Å². The van der Waals surface area contributed by atoms with Crippen LogP contribution >= 0.6 is 0 Å². The van der Waals surface area contributed by atoms with Gasteiger partial charge in [0.05, 0.1) is 4.90 Å². The second kappa shape index (κ2) is 9.36. The number of nitrogens with zero attached hydrogens (tertiary/aromatic N) is 1. The SMILES string of the molecule is O=C(CCn1ccc2ccccc21)NCC(c1ccccc1)S(=O)(=O)c1ccc(F)cc1. The molecule has 1 heterocycles. The minimum absolute atomic E-state index is 0.0146. The third-order valence-corrected chi connectivity index (χ3v) is 7.55. The second-order valence-electron chi connectivity index (χ2n) is 7.52. The van der Waals surface area contributed by atoms with E-state index in [1.54, 1.807) is 30.3 Å². The lowest BCUT2D eigenvalue weighted by Gasteiger charge is -2.19. The summed E-state index contributed by atoms with van der Waals surface area (Å²) >= 11 is 0. The summed E-state index contributed by atoms with van der Waals surface area (Å²) < 4.78 is 41.8. The zero-order valence-corrected chi connectivity index (χ0v) is 18.1. The molecule has 0 spiro atoms. The fourth-order valence-electron chi connectivity index (χ4n) is 3.72. The van der Waals surface area contributed by atoms with Crippen LogP contribution in [0.25, 0.3) is 10.9 Å². The van der Waals surface area contributed by atoms with Crippen LogP contribution in [0.15, 0.2) is 96.0 Å². The van der Waals surface area contributed by atoms with Crippen LogP contribution in [0.1, 0.15) is 17.2 Å². The van der Waals surface area contributed by atoms with E-state index >= 15 is 0 Å². The summed E-state index contributed by atoms with van der Waals surface area (Å²) in [6.45, 7) is 0.412. The lowest BCUT2D eigenvalue weighted by Crippen LogP contribution is -2.32. The standard InChI is InChI=1S/C25H23FN2O3S/c26-21-10-12-22(13-11-21)32(30,31)24(20-7-2-1-3-8-20)18-27-25(29)15-17-28-16-14-19-6-4-5-9-23(19)28/h1-14,16,24H,15,17-18H2,(H,27,29). The van der Waals surface area contributed by atoms with Gasteiger partial charge in [-0.25, -0.2) is 12.8 Å². The van der Waals surface area contributed by atoms with Crippen molar-refractivity contribution in [3.63, 3.8) is 0 Å².